The van der Waals surface area contributed by atoms with Gasteiger partial charge >= 0.3 is 0 Å². The van der Waals surface area contributed by atoms with Crippen molar-refractivity contribution in [2.75, 3.05) is 31.1 Å². The fourth-order valence-corrected chi connectivity index (χ4v) is 3.99. The predicted molar refractivity (Wildman–Crippen MR) is 113 cm³/mol. The Morgan fingerprint density at radius 3 is 2.55 bits per heavy atom. The molecule has 0 atom stereocenters. The Hall–Kier alpha value is -3.26. The number of fused-ring (bicyclic) bond motifs is 2. The van der Waals surface area contributed by atoms with Crippen LogP contribution in [0.1, 0.15) is 17.0 Å². The largest absolute Gasteiger partial charge is 0.368 e. The van der Waals surface area contributed by atoms with E-state index in [0.717, 1.165) is 54.3 Å². The average molecular weight is 389 g/mol. The number of hydrogen-bond donors (Lipinski definition) is 1. The molecule has 0 saturated carbocycles. The summed E-state index contributed by atoms with van der Waals surface area (Å²) in [6, 6.07) is 5.60. The van der Waals surface area contributed by atoms with Gasteiger partial charge in [-0.2, -0.15) is 5.10 Å². The van der Waals surface area contributed by atoms with Crippen LogP contribution in [0.2, 0.25) is 0 Å². The molecule has 8 heteroatoms. The lowest BCUT2D eigenvalue weighted by Crippen LogP contribution is -2.43. The van der Waals surface area contributed by atoms with Crippen LogP contribution in [0, 0.1) is 20.8 Å². The van der Waals surface area contributed by atoms with Gasteiger partial charge in [0, 0.05) is 38.4 Å². The molecule has 0 spiro atoms. The molecule has 0 aromatic carbocycles. The first-order valence-electron chi connectivity index (χ1n) is 9.83. The van der Waals surface area contributed by atoms with Gasteiger partial charge in [0.2, 0.25) is 0 Å². The highest BCUT2D eigenvalue weighted by molar-refractivity contribution is 5.67. The van der Waals surface area contributed by atoms with Gasteiger partial charge in [0.25, 0.3) is 5.56 Å². The van der Waals surface area contributed by atoms with E-state index in [4.69, 9.17) is 4.98 Å². The van der Waals surface area contributed by atoms with Crippen molar-refractivity contribution in [3.8, 4) is 11.4 Å². The Morgan fingerprint density at radius 1 is 0.966 bits per heavy atom. The van der Waals surface area contributed by atoms with Gasteiger partial charge in [-0.1, -0.05) is 0 Å². The summed E-state index contributed by atoms with van der Waals surface area (Å²) < 4.78 is 3.44. The van der Waals surface area contributed by atoms with Crippen LogP contribution in [0.15, 0.2) is 35.4 Å². The maximum absolute atomic E-state index is 12.9. The zero-order chi connectivity index (χ0) is 20.1. The lowest BCUT2D eigenvalue weighted by molar-refractivity contribution is 0.588. The van der Waals surface area contributed by atoms with Crippen LogP contribution in [-0.4, -0.2) is 50.2 Å². The molecule has 1 fully saturated rings. The molecule has 148 valence electrons. The minimum absolute atomic E-state index is 0.104. The number of aromatic nitrogens is 5. The normalized spacial score (nSPS) is 14.8. The van der Waals surface area contributed by atoms with Gasteiger partial charge in [0.1, 0.15) is 11.3 Å². The molecule has 1 saturated heterocycles. The molecule has 0 aliphatic carbocycles. The smallest absolute Gasteiger partial charge is 0.258 e. The predicted octanol–water partition coefficient (Wildman–Crippen LogP) is 1.74. The maximum Gasteiger partial charge on any atom is 0.258 e. The molecule has 1 aliphatic heterocycles. The summed E-state index contributed by atoms with van der Waals surface area (Å²) in [4.78, 5) is 24.5. The van der Waals surface area contributed by atoms with Crippen LogP contribution in [0.3, 0.4) is 0 Å². The SMILES string of the molecule is Cc1cn2nc(-c3cc(=O)n4cc(N5CCNCC5)cc(C)c4n3)cc2c(C)n1. The molecule has 0 unspecified atom stereocenters. The number of nitrogens with zero attached hydrogens (tertiary/aromatic N) is 6. The van der Waals surface area contributed by atoms with Crippen molar-refractivity contribution >= 4 is 16.9 Å². The molecule has 1 aliphatic rings. The molecular weight excluding hydrogens is 366 g/mol. The van der Waals surface area contributed by atoms with Crippen LogP contribution in [0.4, 0.5) is 5.69 Å². The number of anilines is 1. The third-order valence-electron chi connectivity index (χ3n) is 5.43. The fraction of sp³-hybridized carbons (Fsp3) is 0.333. The highest BCUT2D eigenvalue weighted by atomic mass is 16.1. The summed E-state index contributed by atoms with van der Waals surface area (Å²) >= 11 is 0. The lowest BCUT2D eigenvalue weighted by Gasteiger charge is -2.29. The molecule has 0 amide bonds. The Balaban J connectivity index is 1.64. The first-order chi connectivity index (χ1) is 14.0. The van der Waals surface area contributed by atoms with Crippen molar-refractivity contribution in [3.05, 3.63) is 57.9 Å². The van der Waals surface area contributed by atoms with Gasteiger partial charge in [-0.3, -0.25) is 14.2 Å². The number of pyridine rings is 1. The zero-order valence-electron chi connectivity index (χ0n) is 16.8. The molecular formula is C21H23N7O. The molecule has 4 aromatic heterocycles. The maximum atomic E-state index is 12.9. The number of nitrogens with one attached hydrogen (secondary N) is 1. The van der Waals surface area contributed by atoms with Gasteiger partial charge < -0.3 is 10.2 Å². The highest BCUT2D eigenvalue weighted by Crippen LogP contribution is 2.22. The van der Waals surface area contributed by atoms with E-state index in [2.05, 4.69) is 26.4 Å². The van der Waals surface area contributed by atoms with Crippen molar-refractivity contribution < 1.29 is 0 Å². The molecule has 1 N–H and O–H groups in total. The van der Waals surface area contributed by atoms with Gasteiger partial charge in [-0.25, -0.2) is 9.50 Å². The standard InChI is InChI=1S/C21H23N7O/c1-13-8-16(26-6-4-22-5-7-26)12-27-20(29)10-17(24-21(13)27)18-9-19-15(3)23-14(2)11-28(19)25-18/h8-12,22H,4-7H2,1-3H3. The minimum Gasteiger partial charge on any atom is -0.368 e. The van der Waals surface area contributed by atoms with Gasteiger partial charge in [-0.15, -0.1) is 0 Å². The molecule has 4 aromatic rings. The van der Waals surface area contributed by atoms with Crippen LogP contribution in [0.5, 0.6) is 0 Å². The van der Waals surface area contributed by atoms with E-state index in [9.17, 15) is 4.79 Å². The summed E-state index contributed by atoms with van der Waals surface area (Å²) in [5.41, 5.74) is 6.54. The van der Waals surface area contributed by atoms with Crippen molar-refractivity contribution in [3.63, 3.8) is 0 Å². The highest BCUT2D eigenvalue weighted by Gasteiger charge is 2.16. The van der Waals surface area contributed by atoms with Crippen molar-refractivity contribution in [1.29, 1.82) is 0 Å². The third-order valence-corrected chi connectivity index (χ3v) is 5.43. The van der Waals surface area contributed by atoms with Gasteiger partial charge in [0.05, 0.1) is 34.5 Å². The molecule has 5 rings (SSSR count). The summed E-state index contributed by atoms with van der Waals surface area (Å²) in [6.45, 7) is 9.65. The van der Waals surface area contributed by atoms with Crippen LogP contribution >= 0.6 is 0 Å². The van der Waals surface area contributed by atoms with Crippen LogP contribution < -0.4 is 15.8 Å². The van der Waals surface area contributed by atoms with E-state index in [-0.39, 0.29) is 5.56 Å². The van der Waals surface area contributed by atoms with E-state index in [1.54, 1.807) is 15.0 Å². The first-order valence-corrected chi connectivity index (χ1v) is 9.83. The topological polar surface area (TPSA) is 79.8 Å². The van der Waals surface area contributed by atoms with Crippen LogP contribution in [0.25, 0.3) is 22.6 Å². The lowest BCUT2D eigenvalue weighted by atomic mass is 10.2. The van der Waals surface area contributed by atoms with Crippen molar-refractivity contribution in [2.24, 2.45) is 0 Å². The van der Waals surface area contributed by atoms with Crippen LogP contribution in [-0.2, 0) is 0 Å². The summed E-state index contributed by atoms with van der Waals surface area (Å²) in [5.74, 6) is 0. The van der Waals surface area contributed by atoms with E-state index >= 15 is 0 Å². The second kappa shape index (κ2) is 6.66. The number of hydrogen-bond acceptors (Lipinski definition) is 6. The fourth-order valence-electron chi connectivity index (χ4n) is 3.99. The first kappa shape index (κ1) is 17.8. The number of aryl methyl sites for hydroxylation is 3. The minimum atomic E-state index is -0.104. The Labute approximate surface area is 167 Å². The van der Waals surface area contributed by atoms with E-state index < -0.39 is 0 Å². The third kappa shape index (κ3) is 3.05. The molecule has 0 bridgehead atoms. The Bertz CT molecular complexity index is 1300. The number of rotatable bonds is 2. The van der Waals surface area contributed by atoms with Crippen molar-refractivity contribution in [1.82, 2.24) is 29.3 Å². The summed E-state index contributed by atoms with van der Waals surface area (Å²) in [5, 5.41) is 7.98. The van der Waals surface area contributed by atoms with E-state index in [1.165, 1.54) is 0 Å². The molecule has 0 radical (unpaired) electrons. The van der Waals surface area contributed by atoms with E-state index in [0.29, 0.717) is 17.0 Å². The van der Waals surface area contributed by atoms with Gasteiger partial charge in [-0.05, 0) is 38.5 Å². The summed E-state index contributed by atoms with van der Waals surface area (Å²) in [7, 11) is 0. The summed E-state index contributed by atoms with van der Waals surface area (Å²) in [6.07, 6.45) is 3.78. The second-order valence-corrected chi connectivity index (χ2v) is 7.62. The molecule has 5 heterocycles. The van der Waals surface area contributed by atoms with E-state index in [1.807, 2.05) is 39.2 Å². The Kier molecular flexibility index (Phi) is 4.09. The molecule has 29 heavy (non-hydrogen) atoms. The molecule has 8 nitrogen and oxygen atoms in total. The van der Waals surface area contributed by atoms with Gasteiger partial charge in [0.15, 0.2) is 0 Å². The Morgan fingerprint density at radius 2 is 1.76 bits per heavy atom. The van der Waals surface area contributed by atoms with Crippen molar-refractivity contribution in [2.45, 2.75) is 20.8 Å². The zero-order valence-corrected chi connectivity index (χ0v) is 16.8. The average Bonchev–Trinajstić information content (AvgIpc) is 3.13. The number of piperazine rings is 1. The monoisotopic (exact) mass is 389 g/mol. The quantitative estimate of drug-likeness (QED) is 0.563. The second-order valence-electron chi connectivity index (χ2n) is 7.62.